The summed E-state index contributed by atoms with van der Waals surface area (Å²) in [5.41, 5.74) is 11.9. The smallest absolute Gasteiger partial charge is 0.247 e. The molecule has 182 valence electrons. The van der Waals surface area contributed by atoms with E-state index in [9.17, 15) is 10.1 Å². The van der Waals surface area contributed by atoms with Crippen molar-refractivity contribution in [3.8, 4) is 17.3 Å². The molecule has 4 heterocycles. The number of piperazine rings is 2. The van der Waals surface area contributed by atoms with E-state index >= 15 is 0 Å². The van der Waals surface area contributed by atoms with Gasteiger partial charge in [0, 0.05) is 43.5 Å². The second kappa shape index (κ2) is 9.14. The van der Waals surface area contributed by atoms with Crippen molar-refractivity contribution in [2.75, 3.05) is 43.0 Å². The molecule has 8 heteroatoms. The van der Waals surface area contributed by atoms with E-state index in [2.05, 4.69) is 46.2 Å². The van der Waals surface area contributed by atoms with Gasteiger partial charge in [0.1, 0.15) is 11.9 Å². The predicted octanol–water partition coefficient (Wildman–Crippen LogP) is 3.43. The third-order valence-electron chi connectivity index (χ3n) is 8.34. The third kappa shape index (κ3) is 3.93. The molecule has 1 aromatic carbocycles. The highest BCUT2D eigenvalue weighted by Crippen LogP contribution is 2.46. The topological polar surface area (TPSA) is 87.5 Å². The highest BCUT2D eigenvalue weighted by molar-refractivity contribution is 5.97. The number of benzene rings is 1. The van der Waals surface area contributed by atoms with Gasteiger partial charge in [-0.1, -0.05) is 50.3 Å². The van der Waals surface area contributed by atoms with Gasteiger partial charge < -0.3 is 10.3 Å². The quantitative estimate of drug-likeness (QED) is 0.649. The number of aromatic nitrogens is 1. The summed E-state index contributed by atoms with van der Waals surface area (Å²) >= 11 is 0. The Hall–Kier alpha value is -3.15. The fourth-order valence-electron chi connectivity index (χ4n) is 6.34. The van der Waals surface area contributed by atoms with Crippen LogP contribution in [0.2, 0.25) is 0 Å². The summed E-state index contributed by atoms with van der Waals surface area (Å²) in [6, 6.07) is 10.3. The van der Waals surface area contributed by atoms with Gasteiger partial charge in [0.05, 0.1) is 17.8 Å². The minimum atomic E-state index is -0.272. The van der Waals surface area contributed by atoms with Crippen LogP contribution in [-0.2, 0) is 10.3 Å². The SMILES string of the molecule is N#CN1CCN2CCN(c3ccc(-c4cccc5c4NNC54CCCCCCC4)cn3)C(=O)[C@H]2C1. The van der Waals surface area contributed by atoms with Gasteiger partial charge >= 0.3 is 0 Å². The number of hydrazine groups is 1. The molecule has 0 bridgehead atoms. The van der Waals surface area contributed by atoms with Crippen molar-refractivity contribution >= 4 is 17.4 Å². The van der Waals surface area contributed by atoms with Gasteiger partial charge in [0.2, 0.25) is 5.91 Å². The van der Waals surface area contributed by atoms with Crippen molar-refractivity contribution in [1.82, 2.24) is 20.2 Å². The number of fused-ring (bicyclic) bond motifs is 3. The normalized spacial score (nSPS) is 24.2. The van der Waals surface area contributed by atoms with Crippen LogP contribution in [0.25, 0.3) is 11.1 Å². The van der Waals surface area contributed by atoms with Gasteiger partial charge in [-0.15, -0.1) is 0 Å². The molecule has 2 aromatic rings. The first-order valence-electron chi connectivity index (χ1n) is 13.0. The van der Waals surface area contributed by atoms with Crippen LogP contribution >= 0.6 is 0 Å². The number of rotatable bonds is 2. The van der Waals surface area contributed by atoms with Crippen molar-refractivity contribution in [3.63, 3.8) is 0 Å². The predicted molar refractivity (Wildman–Crippen MR) is 135 cm³/mol. The second-order valence-electron chi connectivity index (χ2n) is 10.3. The number of carbonyl (C=O) groups is 1. The molecule has 35 heavy (non-hydrogen) atoms. The standard InChI is InChI=1S/C27H33N7O/c28-19-32-13-14-33-15-16-34(26(35)23(33)18-32)24-10-9-20(17-29-24)21-7-6-8-22-25(21)30-31-27(22)11-4-2-1-3-5-12-27/h6-10,17,23,30-31H,1-5,11-16,18H2/t23-/m1/s1. The summed E-state index contributed by atoms with van der Waals surface area (Å²) in [4.78, 5) is 23.6. The molecule has 4 aliphatic rings. The second-order valence-corrected chi connectivity index (χ2v) is 10.3. The number of anilines is 2. The Labute approximate surface area is 206 Å². The average molecular weight is 472 g/mol. The van der Waals surface area contributed by atoms with Crippen LogP contribution in [0.3, 0.4) is 0 Å². The molecular formula is C27H33N7O. The van der Waals surface area contributed by atoms with Crippen LogP contribution in [0.5, 0.6) is 0 Å². The van der Waals surface area contributed by atoms with E-state index in [4.69, 9.17) is 4.98 Å². The molecule has 6 rings (SSSR count). The maximum atomic E-state index is 13.2. The number of amides is 1. The van der Waals surface area contributed by atoms with Crippen LogP contribution in [0.15, 0.2) is 36.5 Å². The van der Waals surface area contributed by atoms with Crippen molar-refractivity contribution in [3.05, 3.63) is 42.1 Å². The number of hydrogen-bond acceptors (Lipinski definition) is 7. The van der Waals surface area contributed by atoms with Gasteiger partial charge in [-0.3, -0.25) is 14.6 Å². The molecule has 1 atom stereocenters. The number of para-hydroxylation sites is 1. The number of nitriles is 1. The molecule has 2 N–H and O–H groups in total. The summed E-state index contributed by atoms with van der Waals surface area (Å²) in [5, 5.41) is 9.27. The Morgan fingerprint density at radius 3 is 2.57 bits per heavy atom. The lowest BCUT2D eigenvalue weighted by Gasteiger charge is -2.44. The van der Waals surface area contributed by atoms with E-state index in [1.807, 2.05) is 12.3 Å². The zero-order valence-corrected chi connectivity index (χ0v) is 20.2. The summed E-state index contributed by atoms with van der Waals surface area (Å²) in [6.07, 6.45) is 12.9. The first-order valence-corrected chi connectivity index (χ1v) is 13.0. The zero-order valence-electron chi connectivity index (χ0n) is 20.2. The van der Waals surface area contributed by atoms with E-state index in [0.29, 0.717) is 25.5 Å². The molecule has 0 unspecified atom stereocenters. The molecule has 1 amide bonds. The monoisotopic (exact) mass is 471 g/mol. The molecule has 8 nitrogen and oxygen atoms in total. The zero-order chi connectivity index (χ0) is 23.8. The van der Waals surface area contributed by atoms with Gasteiger partial charge in [0.15, 0.2) is 6.19 Å². The van der Waals surface area contributed by atoms with Crippen molar-refractivity contribution in [2.45, 2.75) is 56.5 Å². The van der Waals surface area contributed by atoms with E-state index in [-0.39, 0.29) is 17.5 Å². The Balaban J connectivity index is 1.24. The van der Waals surface area contributed by atoms with Crippen molar-refractivity contribution in [2.24, 2.45) is 0 Å². The van der Waals surface area contributed by atoms with Crippen molar-refractivity contribution in [1.29, 1.82) is 5.26 Å². The van der Waals surface area contributed by atoms with Gasteiger partial charge in [-0.25, -0.2) is 10.4 Å². The minimum absolute atomic E-state index is 0.0164. The lowest BCUT2D eigenvalue weighted by Crippen LogP contribution is -2.64. The number of nitrogens with one attached hydrogen (secondary N) is 2. The maximum absolute atomic E-state index is 13.2. The Morgan fingerprint density at radius 1 is 1.00 bits per heavy atom. The fraction of sp³-hybridized carbons (Fsp3) is 0.519. The minimum Gasteiger partial charge on any atom is -0.320 e. The summed E-state index contributed by atoms with van der Waals surface area (Å²) < 4.78 is 0. The fourth-order valence-corrected chi connectivity index (χ4v) is 6.34. The first-order chi connectivity index (χ1) is 17.2. The summed E-state index contributed by atoms with van der Waals surface area (Å²) in [5.74, 6) is 0.719. The molecule has 1 spiro atoms. The van der Waals surface area contributed by atoms with Crippen LogP contribution in [0.1, 0.15) is 50.5 Å². The molecule has 2 saturated heterocycles. The summed E-state index contributed by atoms with van der Waals surface area (Å²) in [7, 11) is 0. The number of pyridine rings is 1. The van der Waals surface area contributed by atoms with Crippen LogP contribution in [-0.4, -0.2) is 59.5 Å². The highest BCUT2D eigenvalue weighted by atomic mass is 16.2. The number of nitrogens with zero attached hydrogens (tertiary/aromatic N) is 5. The van der Waals surface area contributed by atoms with Crippen LogP contribution < -0.4 is 15.8 Å². The van der Waals surface area contributed by atoms with E-state index in [1.54, 1.807) is 9.80 Å². The molecule has 1 aromatic heterocycles. The van der Waals surface area contributed by atoms with E-state index in [1.165, 1.54) is 37.7 Å². The van der Waals surface area contributed by atoms with Crippen LogP contribution in [0.4, 0.5) is 11.5 Å². The maximum Gasteiger partial charge on any atom is 0.247 e. The lowest BCUT2D eigenvalue weighted by atomic mass is 9.78. The summed E-state index contributed by atoms with van der Waals surface area (Å²) in [6.45, 7) is 3.34. The highest BCUT2D eigenvalue weighted by Gasteiger charge is 2.40. The largest absolute Gasteiger partial charge is 0.320 e. The Bertz CT molecular complexity index is 1130. The van der Waals surface area contributed by atoms with E-state index in [0.717, 1.165) is 42.7 Å². The molecule has 1 aliphatic carbocycles. The Kier molecular flexibility index (Phi) is 5.83. The van der Waals surface area contributed by atoms with Gasteiger partial charge in [-0.2, -0.15) is 5.26 Å². The van der Waals surface area contributed by atoms with Gasteiger partial charge in [-0.05, 0) is 30.5 Å². The molecular weight excluding hydrogens is 438 g/mol. The molecule has 3 fully saturated rings. The Morgan fingerprint density at radius 2 is 1.80 bits per heavy atom. The third-order valence-corrected chi connectivity index (χ3v) is 8.34. The van der Waals surface area contributed by atoms with E-state index < -0.39 is 0 Å². The van der Waals surface area contributed by atoms with Gasteiger partial charge in [0.25, 0.3) is 0 Å². The molecule has 3 aliphatic heterocycles. The average Bonchev–Trinajstić information content (AvgIpc) is 3.26. The number of carbonyl (C=O) groups excluding carboxylic acids is 1. The number of hydrogen-bond donors (Lipinski definition) is 2. The lowest BCUT2D eigenvalue weighted by molar-refractivity contribution is -0.127. The molecule has 1 saturated carbocycles. The van der Waals surface area contributed by atoms with Crippen molar-refractivity contribution < 1.29 is 4.79 Å². The van der Waals surface area contributed by atoms with Crippen LogP contribution in [0, 0.1) is 11.5 Å². The molecule has 0 radical (unpaired) electrons. The first kappa shape index (κ1) is 22.3.